The highest BCUT2D eigenvalue weighted by Gasteiger charge is 2.16. The third-order valence-electron chi connectivity index (χ3n) is 1.41. The van der Waals surface area contributed by atoms with Crippen LogP contribution in [0.25, 0.3) is 0 Å². The minimum Gasteiger partial charge on any atom is -0.302 e. The lowest BCUT2D eigenvalue weighted by molar-refractivity contribution is -0.114. The maximum Gasteiger partial charge on any atom is 0.223 e. The number of aromatic nitrogens is 1. The third kappa shape index (κ3) is 3.14. The lowest BCUT2D eigenvalue weighted by Crippen LogP contribution is -2.04. The summed E-state index contributed by atoms with van der Waals surface area (Å²) in [6.07, 6.45) is 2.54. The second-order valence-electron chi connectivity index (χ2n) is 2.74. The van der Waals surface area contributed by atoms with Gasteiger partial charge >= 0.3 is 0 Å². The molecule has 1 aromatic heterocycles. The summed E-state index contributed by atoms with van der Waals surface area (Å²) in [6.45, 7) is 4.69. The Morgan fingerprint density at radius 2 is 2.40 bits per heavy atom. The molecule has 0 aromatic carbocycles. The molecule has 0 radical (unpaired) electrons. The van der Waals surface area contributed by atoms with E-state index in [-0.39, 0.29) is 21.0 Å². The van der Waals surface area contributed by atoms with E-state index in [1.807, 2.05) is 0 Å². The van der Waals surface area contributed by atoms with Gasteiger partial charge in [0.05, 0.1) is 11.9 Å². The van der Waals surface area contributed by atoms with Crippen LogP contribution >= 0.6 is 11.3 Å². The van der Waals surface area contributed by atoms with Crippen molar-refractivity contribution in [1.29, 1.82) is 0 Å². The number of carbonyl (C=O) groups excluding carboxylic acids is 1. The fourth-order valence-electron chi connectivity index (χ4n) is 0.849. The number of thiazole rings is 1. The Labute approximate surface area is 91.8 Å². The molecule has 1 rings (SSSR count). The Hall–Kier alpha value is -1.21. The molecule has 0 spiro atoms. The highest BCUT2D eigenvalue weighted by atomic mass is 32.2. The van der Waals surface area contributed by atoms with Crippen molar-refractivity contribution in [3.05, 3.63) is 18.9 Å². The Balaban J connectivity index is 2.93. The molecular formula is C8H10N2O3S2. The second-order valence-corrected chi connectivity index (χ2v) is 6.03. The van der Waals surface area contributed by atoms with Gasteiger partial charge < -0.3 is 5.32 Å². The van der Waals surface area contributed by atoms with Gasteiger partial charge in [0.15, 0.2) is 15.0 Å². The Bertz CT molecular complexity index is 476. The molecule has 0 bridgehead atoms. The number of amides is 1. The number of nitrogens with zero attached hydrogens (tertiary/aromatic N) is 1. The van der Waals surface area contributed by atoms with Gasteiger partial charge in [-0.3, -0.25) is 4.79 Å². The number of anilines is 1. The minimum atomic E-state index is -3.34. The van der Waals surface area contributed by atoms with Gasteiger partial charge in [-0.2, -0.15) is 0 Å². The van der Waals surface area contributed by atoms with Gasteiger partial charge in [-0.25, -0.2) is 13.4 Å². The molecule has 15 heavy (non-hydrogen) atoms. The van der Waals surface area contributed by atoms with E-state index in [4.69, 9.17) is 0 Å². The molecule has 7 heteroatoms. The van der Waals surface area contributed by atoms with Crippen molar-refractivity contribution < 1.29 is 13.2 Å². The zero-order valence-electron chi connectivity index (χ0n) is 8.06. The molecule has 1 aromatic rings. The van der Waals surface area contributed by atoms with E-state index in [0.717, 1.165) is 11.3 Å². The van der Waals surface area contributed by atoms with Crippen LogP contribution in [-0.4, -0.2) is 25.1 Å². The van der Waals surface area contributed by atoms with E-state index in [0.29, 0.717) is 0 Å². The maximum atomic E-state index is 11.5. The molecular weight excluding hydrogens is 236 g/mol. The molecule has 0 atom stereocenters. The van der Waals surface area contributed by atoms with Crippen molar-refractivity contribution in [2.75, 3.05) is 11.1 Å². The highest BCUT2D eigenvalue weighted by molar-refractivity contribution is 7.93. The molecule has 0 aliphatic carbocycles. The number of hydrogen-bond acceptors (Lipinski definition) is 5. The smallest absolute Gasteiger partial charge is 0.223 e. The van der Waals surface area contributed by atoms with Crippen LogP contribution in [0, 0.1) is 0 Å². The summed E-state index contributed by atoms with van der Waals surface area (Å²) < 4.78 is 23.2. The van der Waals surface area contributed by atoms with Crippen LogP contribution in [0.3, 0.4) is 0 Å². The van der Waals surface area contributed by atoms with Crippen LogP contribution in [0.2, 0.25) is 0 Å². The van der Waals surface area contributed by atoms with E-state index in [9.17, 15) is 13.2 Å². The van der Waals surface area contributed by atoms with Crippen molar-refractivity contribution in [1.82, 2.24) is 4.98 Å². The van der Waals surface area contributed by atoms with Crippen LogP contribution in [0.1, 0.15) is 6.92 Å². The van der Waals surface area contributed by atoms with E-state index in [1.165, 1.54) is 19.2 Å². The Morgan fingerprint density at radius 1 is 1.73 bits per heavy atom. The molecule has 5 nitrogen and oxygen atoms in total. The van der Waals surface area contributed by atoms with Crippen LogP contribution in [0.15, 0.2) is 23.1 Å². The average molecular weight is 246 g/mol. The molecule has 0 saturated heterocycles. The first-order valence-electron chi connectivity index (χ1n) is 4.03. The molecule has 1 N–H and O–H groups in total. The first-order chi connectivity index (χ1) is 6.95. The van der Waals surface area contributed by atoms with E-state index >= 15 is 0 Å². The summed E-state index contributed by atoms with van der Waals surface area (Å²) >= 11 is 0.929. The van der Waals surface area contributed by atoms with Crippen LogP contribution in [0.5, 0.6) is 0 Å². The SMILES string of the molecule is C=CCS(=O)(=O)c1cnc(NC(C)=O)s1. The number of sulfone groups is 1. The van der Waals surface area contributed by atoms with Crippen molar-refractivity contribution >= 4 is 32.2 Å². The summed E-state index contributed by atoms with van der Waals surface area (Å²) in [5.41, 5.74) is 0. The minimum absolute atomic E-state index is 0.130. The summed E-state index contributed by atoms with van der Waals surface area (Å²) in [5, 5.41) is 2.70. The molecule has 0 aliphatic heterocycles. The van der Waals surface area contributed by atoms with Crippen molar-refractivity contribution in [2.24, 2.45) is 0 Å². The molecule has 0 fully saturated rings. The predicted molar refractivity (Wildman–Crippen MR) is 58.7 cm³/mol. The lowest BCUT2D eigenvalue weighted by atomic mass is 10.7. The third-order valence-corrected chi connectivity index (χ3v) is 4.52. The summed E-state index contributed by atoms with van der Waals surface area (Å²) in [6, 6.07) is 0. The molecule has 82 valence electrons. The van der Waals surface area contributed by atoms with E-state index < -0.39 is 9.84 Å². The number of carbonyl (C=O) groups is 1. The van der Waals surface area contributed by atoms with Gasteiger partial charge in [-0.1, -0.05) is 17.4 Å². The summed E-state index contributed by atoms with van der Waals surface area (Å²) in [5.74, 6) is -0.411. The number of nitrogens with one attached hydrogen (secondary N) is 1. The average Bonchev–Trinajstić information content (AvgIpc) is 2.51. The summed E-state index contributed by atoms with van der Waals surface area (Å²) in [4.78, 5) is 14.5. The van der Waals surface area contributed by atoms with Gasteiger partial charge in [-0.05, 0) is 0 Å². The van der Waals surface area contributed by atoms with Gasteiger partial charge in [0.25, 0.3) is 0 Å². The van der Waals surface area contributed by atoms with Gasteiger partial charge in [0.2, 0.25) is 5.91 Å². The Morgan fingerprint density at radius 3 is 2.93 bits per heavy atom. The first-order valence-corrected chi connectivity index (χ1v) is 6.49. The standard InChI is InChI=1S/C8H10N2O3S2/c1-3-4-15(12,13)7-5-9-8(14-7)10-6(2)11/h3,5H,1,4H2,2H3,(H,9,10,11). The van der Waals surface area contributed by atoms with Crippen molar-refractivity contribution in [3.63, 3.8) is 0 Å². The molecule has 1 amide bonds. The molecule has 0 saturated carbocycles. The van der Waals surface area contributed by atoms with E-state index in [1.54, 1.807) is 0 Å². The zero-order chi connectivity index (χ0) is 11.5. The fraction of sp³-hybridized carbons (Fsp3) is 0.250. The fourth-order valence-corrected chi connectivity index (χ4v) is 3.08. The number of rotatable bonds is 4. The Kier molecular flexibility index (Phi) is 3.59. The van der Waals surface area contributed by atoms with Crippen molar-refractivity contribution in [3.8, 4) is 0 Å². The van der Waals surface area contributed by atoms with Crippen LogP contribution < -0.4 is 5.32 Å². The molecule has 0 aliphatic rings. The molecule has 1 heterocycles. The monoisotopic (exact) mass is 246 g/mol. The predicted octanol–water partition coefficient (Wildman–Crippen LogP) is 1.06. The first kappa shape index (κ1) is 11.9. The number of hydrogen-bond donors (Lipinski definition) is 1. The summed E-state index contributed by atoms with van der Waals surface area (Å²) in [7, 11) is -3.34. The zero-order valence-corrected chi connectivity index (χ0v) is 9.69. The normalized spacial score (nSPS) is 11.0. The van der Waals surface area contributed by atoms with E-state index in [2.05, 4.69) is 16.9 Å². The van der Waals surface area contributed by atoms with Crippen LogP contribution in [-0.2, 0) is 14.6 Å². The largest absolute Gasteiger partial charge is 0.302 e. The highest BCUT2D eigenvalue weighted by Crippen LogP contribution is 2.23. The van der Waals surface area contributed by atoms with Gasteiger partial charge in [0.1, 0.15) is 4.21 Å². The van der Waals surface area contributed by atoms with Crippen molar-refractivity contribution in [2.45, 2.75) is 11.1 Å². The van der Waals surface area contributed by atoms with Gasteiger partial charge in [-0.15, -0.1) is 6.58 Å². The maximum absolute atomic E-state index is 11.5. The van der Waals surface area contributed by atoms with Gasteiger partial charge in [0, 0.05) is 6.92 Å². The lowest BCUT2D eigenvalue weighted by Gasteiger charge is -1.95. The van der Waals surface area contributed by atoms with Crippen LogP contribution in [0.4, 0.5) is 5.13 Å². The second kappa shape index (κ2) is 4.54. The quantitative estimate of drug-likeness (QED) is 0.806. The topological polar surface area (TPSA) is 76.1 Å². The molecule has 0 unspecified atom stereocenters.